The van der Waals surface area contributed by atoms with Crippen LogP contribution < -0.4 is 0 Å². The first-order valence-corrected chi connectivity index (χ1v) is 6.52. The van der Waals surface area contributed by atoms with E-state index in [0.717, 1.165) is 25.7 Å². The van der Waals surface area contributed by atoms with Gasteiger partial charge in [-0.15, -0.1) is 0 Å². The van der Waals surface area contributed by atoms with Crippen LogP contribution in [0.25, 0.3) is 0 Å². The predicted molar refractivity (Wildman–Crippen MR) is 66.0 cm³/mol. The van der Waals surface area contributed by atoms with Crippen LogP contribution in [0.3, 0.4) is 0 Å². The molecule has 0 amide bonds. The summed E-state index contributed by atoms with van der Waals surface area (Å²) < 4.78 is 4.99. The van der Waals surface area contributed by atoms with Gasteiger partial charge in [-0.3, -0.25) is 9.59 Å². The van der Waals surface area contributed by atoms with Crippen molar-refractivity contribution in [1.82, 2.24) is 0 Å². The second-order valence-corrected chi connectivity index (χ2v) is 5.51. The van der Waals surface area contributed by atoms with E-state index >= 15 is 0 Å². The number of aliphatic carboxylic acids is 1. The fourth-order valence-electron chi connectivity index (χ4n) is 3.82. The number of esters is 1. The third kappa shape index (κ3) is 1.84. The fraction of sp³-hybridized carbons (Fsp3) is 0.714. The summed E-state index contributed by atoms with van der Waals surface area (Å²) in [4.78, 5) is 23.5. The molecule has 4 heteroatoms. The van der Waals surface area contributed by atoms with Crippen LogP contribution in [0.4, 0.5) is 0 Å². The van der Waals surface area contributed by atoms with Crippen molar-refractivity contribution in [3.8, 4) is 0 Å². The summed E-state index contributed by atoms with van der Waals surface area (Å²) in [5.74, 6) is -1.05. The van der Waals surface area contributed by atoms with Gasteiger partial charge in [-0.25, -0.2) is 0 Å². The highest BCUT2D eigenvalue weighted by Crippen LogP contribution is 2.59. The van der Waals surface area contributed by atoms with Crippen molar-refractivity contribution in [1.29, 1.82) is 0 Å². The number of hydrogen-bond donors (Lipinski definition) is 1. The summed E-state index contributed by atoms with van der Waals surface area (Å²) in [6.45, 7) is 0. The Morgan fingerprint density at radius 3 is 2.56 bits per heavy atom. The SMILES string of the molecule is COC(=O)[C@@]12CC=CC[C@]1(CC(=O)O)CCCC2. The van der Waals surface area contributed by atoms with Gasteiger partial charge in [-0.05, 0) is 25.7 Å². The number of hydrogen-bond acceptors (Lipinski definition) is 3. The van der Waals surface area contributed by atoms with Crippen LogP contribution in [0.2, 0.25) is 0 Å². The number of carbonyl (C=O) groups excluding carboxylic acids is 1. The molecule has 0 unspecified atom stereocenters. The molecule has 0 aromatic rings. The lowest BCUT2D eigenvalue weighted by molar-refractivity contribution is -0.171. The summed E-state index contributed by atoms with van der Waals surface area (Å²) in [6, 6.07) is 0. The maximum atomic E-state index is 12.3. The molecule has 1 fully saturated rings. The Morgan fingerprint density at radius 1 is 1.22 bits per heavy atom. The van der Waals surface area contributed by atoms with Gasteiger partial charge in [-0.2, -0.15) is 0 Å². The average molecular weight is 252 g/mol. The molecular weight excluding hydrogens is 232 g/mol. The molecule has 0 radical (unpaired) electrons. The Bertz CT molecular complexity index is 387. The van der Waals surface area contributed by atoms with Gasteiger partial charge >= 0.3 is 11.9 Å². The molecule has 18 heavy (non-hydrogen) atoms. The molecule has 1 saturated carbocycles. The lowest BCUT2D eigenvalue weighted by Crippen LogP contribution is -2.52. The van der Waals surface area contributed by atoms with Gasteiger partial charge < -0.3 is 9.84 Å². The topological polar surface area (TPSA) is 63.6 Å². The number of carbonyl (C=O) groups is 2. The van der Waals surface area contributed by atoms with Crippen LogP contribution in [-0.4, -0.2) is 24.2 Å². The van der Waals surface area contributed by atoms with Crippen molar-refractivity contribution in [2.24, 2.45) is 10.8 Å². The molecule has 100 valence electrons. The Kier molecular flexibility index (Phi) is 3.46. The molecule has 4 nitrogen and oxygen atoms in total. The number of methoxy groups -OCH3 is 1. The van der Waals surface area contributed by atoms with Crippen molar-refractivity contribution in [2.75, 3.05) is 7.11 Å². The molecule has 0 saturated heterocycles. The van der Waals surface area contributed by atoms with Crippen molar-refractivity contribution >= 4 is 11.9 Å². The lowest BCUT2D eigenvalue weighted by atomic mass is 9.50. The van der Waals surface area contributed by atoms with Crippen LogP contribution >= 0.6 is 0 Å². The largest absolute Gasteiger partial charge is 0.481 e. The number of ether oxygens (including phenoxy) is 1. The Labute approximate surface area is 107 Å². The Morgan fingerprint density at radius 2 is 1.89 bits per heavy atom. The van der Waals surface area contributed by atoms with E-state index in [1.165, 1.54) is 7.11 Å². The second-order valence-electron chi connectivity index (χ2n) is 5.51. The molecule has 0 aliphatic heterocycles. The molecule has 0 spiro atoms. The van der Waals surface area contributed by atoms with Crippen molar-refractivity contribution in [3.63, 3.8) is 0 Å². The van der Waals surface area contributed by atoms with Gasteiger partial charge in [0.05, 0.1) is 18.9 Å². The molecule has 2 aliphatic carbocycles. The maximum Gasteiger partial charge on any atom is 0.312 e. The first kappa shape index (κ1) is 13.1. The molecule has 0 bridgehead atoms. The van der Waals surface area contributed by atoms with E-state index in [0.29, 0.717) is 12.8 Å². The smallest absolute Gasteiger partial charge is 0.312 e. The minimum Gasteiger partial charge on any atom is -0.481 e. The third-order valence-electron chi connectivity index (χ3n) is 4.73. The molecule has 0 heterocycles. The number of allylic oxidation sites excluding steroid dienone is 2. The van der Waals surface area contributed by atoms with E-state index in [-0.39, 0.29) is 12.4 Å². The predicted octanol–water partition coefficient (Wildman–Crippen LogP) is 2.53. The van der Waals surface area contributed by atoms with E-state index < -0.39 is 16.8 Å². The minimum absolute atomic E-state index is 0.0619. The van der Waals surface area contributed by atoms with Crippen molar-refractivity contribution < 1.29 is 19.4 Å². The zero-order valence-electron chi connectivity index (χ0n) is 10.8. The summed E-state index contributed by atoms with van der Waals surface area (Å²) in [6.07, 6.45) is 8.91. The van der Waals surface area contributed by atoms with E-state index in [2.05, 4.69) is 0 Å². The standard InChI is InChI=1S/C14H20O4/c1-18-12(17)14-8-4-2-6-13(14,10-11(15)16)7-3-5-9-14/h2,4H,3,5-10H2,1H3,(H,15,16)/t13-,14+/m1/s1. The second kappa shape index (κ2) is 4.75. The molecule has 1 N–H and O–H groups in total. The molecule has 2 atom stereocenters. The third-order valence-corrected chi connectivity index (χ3v) is 4.73. The van der Waals surface area contributed by atoms with Gasteiger partial charge in [0.15, 0.2) is 0 Å². The van der Waals surface area contributed by atoms with Crippen LogP contribution in [-0.2, 0) is 14.3 Å². The first-order valence-electron chi connectivity index (χ1n) is 6.52. The van der Waals surface area contributed by atoms with E-state index in [1.807, 2.05) is 12.2 Å². The van der Waals surface area contributed by atoms with Gasteiger partial charge in [0.1, 0.15) is 0 Å². The molecule has 0 aromatic heterocycles. The quantitative estimate of drug-likeness (QED) is 0.619. The van der Waals surface area contributed by atoms with Gasteiger partial charge in [0.25, 0.3) is 0 Å². The zero-order chi connectivity index (χ0) is 13.2. The normalized spacial score (nSPS) is 34.7. The Balaban J connectivity index is 2.44. The highest BCUT2D eigenvalue weighted by molar-refractivity contribution is 5.80. The fourth-order valence-corrected chi connectivity index (χ4v) is 3.82. The van der Waals surface area contributed by atoms with Crippen LogP contribution in [0.1, 0.15) is 44.9 Å². The number of rotatable bonds is 3. The molecule has 0 aromatic carbocycles. The van der Waals surface area contributed by atoms with Crippen molar-refractivity contribution in [2.45, 2.75) is 44.9 Å². The Hall–Kier alpha value is -1.32. The lowest BCUT2D eigenvalue weighted by Gasteiger charge is -2.52. The van der Waals surface area contributed by atoms with Crippen molar-refractivity contribution in [3.05, 3.63) is 12.2 Å². The van der Waals surface area contributed by atoms with Gasteiger partial charge in [0, 0.05) is 5.41 Å². The summed E-state index contributed by atoms with van der Waals surface area (Å²) in [5, 5.41) is 9.19. The van der Waals surface area contributed by atoms with Crippen LogP contribution in [0, 0.1) is 10.8 Å². The molecule has 2 aliphatic rings. The first-order chi connectivity index (χ1) is 8.56. The zero-order valence-corrected chi connectivity index (χ0v) is 10.8. The van der Waals surface area contributed by atoms with Crippen LogP contribution in [0.5, 0.6) is 0 Å². The number of carboxylic acids is 1. The summed E-state index contributed by atoms with van der Waals surface area (Å²) >= 11 is 0. The average Bonchev–Trinajstić information content (AvgIpc) is 2.36. The van der Waals surface area contributed by atoms with Crippen LogP contribution in [0.15, 0.2) is 12.2 Å². The number of carboxylic acid groups (broad SMARTS) is 1. The highest BCUT2D eigenvalue weighted by Gasteiger charge is 2.58. The maximum absolute atomic E-state index is 12.3. The molecule has 2 rings (SSSR count). The van der Waals surface area contributed by atoms with E-state index in [4.69, 9.17) is 4.74 Å². The molecular formula is C14H20O4. The van der Waals surface area contributed by atoms with E-state index in [9.17, 15) is 14.7 Å². The monoisotopic (exact) mass is 252 g/mol. The summed E-state index contributed by atoms with van der Waals surface area (Å²) in [5.41, 5.74) is -1.06. The highest BCUT2D eigenvalue weighted by atomic mass is 16.5. The minimum atomic E-state index is -0.819. The number of fused-ring (bicyclic) bond motifs is 1. The summed E-state index contributed by atoms with van der Waals surface area (Å²) in [7, 11) is 1.40. The van der Waals surface area contributed by atoms with Gasteiger partial charge in [0.2, 0.25) is 0 Å². The van der Waals surface area contributed by atoms with E-state index in [1.54, 1.807) is 0 Å². The van der Waals surface area contributed by atoms with Gasteiger partial charge in [-0.1, -0.05) is 25.0 Å².